The number of esters is 1. The van der Waals surface area contributed by atoms with Crippen LogP contribution in [0.4, 0.5) is 0 Å². The van der Waals surface area contributed by atoms with E-state index in [9.17, 15) is 14.7 Å². The average molecular weight is 428 g/mol. The number of hydrogen-bond acceptors (Lipinski definition) is 7. The van der Waals surface area contributed by atoms with E-state index in [2.05, 4.69) is 0 Å². The maximum absolute atomic E-state index is 12.4. The van der Waals surface area contributed by atoms with E-state index >= 15 is 0 Å². The summed E-state index contributed by atoms with van der Waals surface area (Å²) >= 11 is 0. The molecular weight excluding hydrogens is 404 g/mol. The molecule has 2 rings (SSSR count). The zero-order chi connectivity index (χ0) is 23.0. The van der Waals surface area contributed by atoms with Crippen molar-refractivity contribution in [2.45, 2.75) is 0 Å². The Morgan fingerprint density at radius 3 is 1.71 bits per heavy atom. The van der Waals surface area contributed by atoms with E-state index in [1.54, 1.807) is 36.4 Å². The van der Waals surface area contributed by atoms with Gasteiger partial charge in [-0.2, -0.15) is 0 Å². The van der Waals surface area contributed by atoms with Gasteiger partial charge in [-0.1, -0.05) is 12.1 Å². The number of carboxylic acid groups (broad SMARTS) is 1. The Kier molecular flexibility index (Phi) is 8.08. The number of carbonyl (C=O) groups excluding carboxylic acids is 1. The summed E-state index contributed by atoms with van der Waals surface area (Å²) in [4.78, 5) is 24.5. The zero-order valence-electron chi connectivity index (χ0n) is 17.9. The minimum Gasteiger partial charge on any atom is -0.497 e. The van der Waals surface area contributed by atoms with Crippen molar-refractivity contribution < 1.29 is 38.4 Å². The quantitative estimate of drug-likeness (QED) is 0.368. The second-order valence-corrected chi connectivity index (χ2v) is 6.14. The maximum Gasteiger partial charge on any atom is 0.338 e. The molecule has 0 aliphatic heterocycles. The average Bonchev–Trinajstić information content (AvgIpc) is 2.80. The van der Waals surface area contributed by atoms with Crippen molar-refractivity contribution in [3.8, 4) is 23.0 Å². The molecule has 0 aromatic heterocycles. The van der Waals surface area contributed by atoms with Gasteiger partial charge in [-0.25, -0.2) is 9.59 Å². The van der Waals surface area contributed by atoms with Gasteiger partial charge in [-0.15, -0.1) is 0 Å². The Bertz CT molecular complexity index is 978. The lowest BCUT2D eigenvalue weighted by atomic mass is 9.99. The van der Waals surface area contributed by atoms with E-state index in [4.69, 9.17) is 23.7 Å². The molecule has 0 saturated heterocycles. The summed E-state index contributed by atoms with van der Waals surface area (Å²) in [6, 6.07) is 9.94. The number of rotatable bonds is 9. The molecular formula is C23H24O8. The fourth-order valence-electron chi connectivity index (χ4n) is 2.83. The third-order valence-corrected chi connectivity index (χ3v) is 4.35. The summed E-state index contributed by atoms with van der Waals surface area (Å²) < 4.78 is 25.8. The van der Waals surface area contributed by atoms with Crippen LogP contribution in [0.25, 0.3) is 12.2 Å². The Morgan fingerprint density at radius 1 is 0.742 bits per heavy atom. The van der Waals surface area contributed by atoms with Crippen molar-refractivity contribution in [1.29, 1.82) is 0 Å². The predicted molar refractivity (Wildman–Crippen MR) is 115 cm³/mol. The maximum atomic E-state index is 12.4. The first-order chi connectivity index (χ1) is 14.9. The summed E-state index contributed by atoms with van der Waals surface area (Å²) in [5, 5.41) is 9.84. The largest absolute Gasteiger partial charge is 0.497 e. The molecule has 31 heavy (non-hydrogen) atoms. The predicted octanol–water partition coefficient (Wildman–Crippen LogP) is 3.45. The highest BCUT2D eigenvalue weighted by Crippen LogP contribution is 2.39. The van der Waals surface area contributed by atoms with Crippen molar-refractivity contribution in [2.24, 2.45) is 0 Å². The van der Waals surface area contributed by atoms with Crippen molar-refractivity contribution in [2.75, 3.05) is 35.5 Å². The number of carbonyl (C=O) groups is 2. The van der Waals surface area contributed by atoms with Crippen molar-refractivity contribution >= 4 is 24.1 Å². The number of benzene rings is 2. The van der Waals surface area contributed by atoms with Crippen molar-refractivity contribution in [3.05, 3.63) is 58.7 Å². The smallest absolute Gasteiger partial charge is 0.338 e. The molecule has 8 nitrogen and oxygen atoms in total. The molecule has 0 heterocycles. The van der Waals surface area contributed by atoms with Gasteiger partial charge in [0.2, 0.25) is 5.75 Å². The van der Waals surface area contributed by atoms with Crippen LogP contribution in [0.2, 0.25) is 0 Å². The Labute approximate surface area is 180 Å². The molecule has 0 saturated carbocycles. The second kappa shape index (κ2) is 10.7. The molecule has 0 atom stereocenters. The number of ether oxygens (including phenoxy) is 5. The van der Waals surface area contributed by atoms with E-state index in [0.29, 0.717) is 34.1 Å². The van der Waals surface area contributed by atoms with Gasteiger partial charge in [-0.05, 0) is 47.5 Å². The van der Waals surface area contributed by atoms with Gasteiger partial charge in [-0.3, -0.25) is 0 Å². The lowest BCUT2D eigenvalue weighted by molar-refractivity contribution is -0.138. The number of hydrogen-bond donors (Lipinski definition) is 1. The molecule has 0 aliphatic carbocycles. The first-order valence-electron chi connectivity index (χ1n) is 9.07. The van der Waals surface area contributed by atoms with Crippen LogP contribution in [0.5, 0.6) is 23.0 Å². The molecule has 0 fully saturated rings. The van der Waals surface area contributed by atoms with E-state index < -0.39 is 11.9 Å². The highest BCUT2D eigenvalue weighted by Gasteiger charge is 2.22. The standard InChI is InChI=1S/C23H24O8/c1-27-16-8-6-14(7-9-16)10-18(23(26)31-5)17(22(24)25)11-15-12-19(28-2)21(30-4)20(13-15)29-3/h6-13H,1-5H3,(H,24,25)/b17-11+,18-10+. The van der Waals surface area contributed by atoms with Crippen LogP contribution in [0.3, 0.4) is 0 Å². The highest BCUT2D eigenvalue weighted by molar-refractivity contribution is 6.12. The Hall–Kier alpha value is -3.94. The molecule has 164 valence electrons. The van der Waals surface area contributed by atoms with Crippen LogP contribution in [0.1, 0.15) is 11.1 Å². The van der Waals surface area contributed by atoms with Gasteiger partial charge in [0.15, 0.2) is 11.5 Å². The number of aliphatic carboxylic acids is 1. The lowest BCUT2D eigenvalue weighted by Gasteiger charge is -2.13. The van der Waals surface area contributed by atoms with Crippen LogP contribution >= 0.6 is 0 Å². The van der Waals surface area contributed by atoms with E-state index in [0.717, 1.165) is 0 Å². The lowest BCUT2D eigenvalue weighted by Crippen LogP contribution is -2.13. The number of methoxy groups -OCH3 is 5. The van der Waals surface area contributed by atoms with Gasteiger partial charge >= 0.3 is 11.9 Å². The molecule has 0 aliphatic rings. The van der Waals surface area contributed by atoms with Crippen LogP contribution in [-0.2, 0) is 14.3 Å². The normalized spacial score (nSPS) is 11.5. The molecule has 0 spiro atoms. The molecule has 0 radical (unpaired) electrons. The third-order valence-electron chi connectivity index (χ3n) is 4.35. The fraction of sp³-hybridized carbons (Fsp3) is 0.217. The van der Waals surface area contributed by atoms with Crippen LogP contribution in [-0.4, -0.2) is 52.6 Å². The van der Waals surface area contributed by atoms with Crippen molar-refractivity contribution in [1.82, 2.24) is 0 Å². The molecule has 1 N–H and O–H groups in total. The van der Waals surface area contributed by atoms with E-state index in [1.165, 1.54) is 47.7 Å². The zero-order valence-corrected chi connectivity index (χ0v) is 17.9. The first kappa shape index (κ1) is 23.3. The molecule has 2 aromatic rings. The topological polar surface area (TPSA) is 101 Å². The van der Waals surface area contributed by atoms with Gasteiger partial charge in [0.05, 0.1) is 46.7 Å². The first-order valence-corrected chi connectivity index (χ1v) is 9.07. The minimum absolute atomic E-state index is 0.131. The molecule has 0 unspecified atom stereocenters. The second-order valence-electron chi connectivity index (χ2n) is 6.14. The Balaban J connectivity index is 2.66. The van der Waals surface area contributed by atoms with Gasteiger partial charge in [0.1, 0.15) is 5.75 Å². The van der Waals surface area contributed by atoms with E-state index in [1.807, 2.05) is 0 Å². The van der Waals surface area contributed by atoms with Crippen LogP contribution in [0.15, 0.2) is 47.5 Å². The fourth-order valence-corrected chi connectivity index (χ4v) is 2.83. The molecule has 0 amide bonds. The minimum atomic E-state index is -1.31. The van der Waals surface area contributed by atoms with E-state index in [-0.39, 0.29) is 11.1 Å². The molecule has 0 bridgehead atoms. The summed E-state index contributed by atoms with van der Waals surface area (Å²) in [6.07, 6.45) is 2.77. The third kappa shape index (κ3) is 5.57. The summed E-state index contributed by atoms with van der Waals surface area (Å²) in [5.74, 6) is -0.423. The summed E-state index contributed by atoms with van der Waals surface area (Å²) in [6.45, 7) is 0. The SMILES string of the molecule is COC(=O)C(=C/c1ccc(OC)cc1)/C(=C\c1cc(OC)c(OC)c(OC)c1)C(=O)O. The summed E-state index contributed by atoms with van der Waals surface area (Å²) in [5.41, 5.74) is 0.625. The van der Waals surface area contributed by atoms with Crippen LogP contribution < -0.4 is 18.9 Å². The van der Waals surface area contributed by atoms with Gasteiger partial charge in [0.25, 0.3) is 0 Å². The van der Waals surface area contributed by atoms with Crippen molar-refractivity contribution in [3.63, 3.8) is 0 Å². The molecule has 8 heteroatoms. The number of carboxylic acids is 1. The molecule has 2 aromatic carbocycles. The Morgan fingerprint density at radius 2 is 1.29 bits per heavy atom. The van der Waals surface area contributed by atoms with Gasteiger partial charge < -0.3 is 28.8 Å². The monoisotopic (exact) mass is 428 g/mol. The highest BCUT2D eigenvalue weighted by atomic mass is 16.5. The van der Waals surface area contributed by atoms with Gasteiger partial charge in [0, 0.05) is 0 Å². The van der Waals surface area contributed by atoms with Crippen LogP contribution in [0, 0.1) is 0 Å². The summed E-state index contributed by atoms with van der Waals surface area (Å²) in [7, 11) is 7.08.